The predicted molar refractivity (Wildman–Crippen MR) is 74.1 cm³/mol. The van der Waals surface area contributed by atoms with E-state index >= 15 is 0 Å². The van der Waals surface area contributed by atoms with Crippen LogP contribution in [0.15, 0.2) is 0 Å². The summed E-state index contributed by atoms with van der Waals surface area (Å²) in [6.45, 7) is 9.70. The van der Waals surface area contributed by atoms with Crippen molar-refractivity contribution in [3.63, 3.8) is 0 Å². The molecule has 2 fully saturated rings. The highest BCUT2D eigenvalue weighted by atomic mass is 16.2. The molecule has 18 heavy (non-hydrogen) atoms. The van der Waals surface area contributed by atoms with Crippen molar-refractivity contribution < 1.29 is 4.79 Å². The van der Waals surface area contributed by atoms with Gasteiger partial charge in [-0.1, -0.05) is 34.1 Å². The third kappa shape index (κ3) is 2.56. The van der Waals surface area contributed by atoms with Crippen LogP contribution in [0.1, 0.15) is 59.8 Å². The minimum Gasteiger partial charge on any atom is -0.325 e. The van der Waals surface area contributed by atoms with Gasteiger partial charge in [-0.2, -0.15) is 0 Å². The molecule has 1 saturated carbocycles. The first-order valence-electron chi connectivity index (χ1n) is 7.59. The molecule has 3 nitrogen and oxygen atoms in total. The Balaban J connectivity index is 2.06. The highest BCUT2D eigenvalue weighted by Gasteiger charge is 2.48. The standard InChI is InChI=1S/C15H28N2O/c1-5-7-12-16-13(11(3)4)14(18)17(12)10-15(6-2)8-9-15/h11-13,16H,5-10H2,1-4H3. The molecule has 2 unspecified atom stereocenters. The second-order valence-electron chi connectivity index (χ2n) is 6.51. The predicted octanol–water partition coefficient (Wildman–Crippen LogP) is 2.76. The number of rotatable bonds is 6. The molecule has 104 valence electrons. The lowest BCUT2D eigenvalue weighted by Crippen LogP contribution is -2.40. The van der Waals surface area contributed by atoms with Crippen molar-refractivity contribution in [1.82, 2.24) is 10.2 Å². The van der Waals surface area contributed by atoms with Crippen LogP contribution in [0.3, 0.4) is 0 Å². The third-order valence-corrected chi connectivity index (χ3v) is 4.74. The van der Waals surface area contributed by atoms with Crippen molar-refractivity contribution in [3.8, 4) is 0 Å². The summed E-state index contributed by atoms with van der Waals surface area (Å²) >= 11 is 0. The van der Waals surface area contributed by atoms with E-state index in [4.69, 9.17) is 0 Å². The lowest BCUT2D eigenvalue weighted by molar-refractivity contribution is -0.131. The molecular weight excluding hydrogens is 224 g/mol. The lowest BCUT2D eigenvalue weighted by Gasteiger charge is -2.28. The normalized spacial score (nSPS) is 30.3. The molecule has 0 aromatic heterocycles. The van der Waals surface area contributed by atoms with Crippen molar-refractivity contribution in [3.05, 3.63) is 0 Å². The van der Waals surface area contributed by atoms with Gasteiger partial charge in [0.05, 0.1) is 12.2 Å². The second-order valence-corrected chi connectivity index (χ2v) is 6.51. The Kier molecular flexibility index (Phi) is 4.00. The fourth-order valence-corrected chi connectivity index (χ4v) is 3.04. The van der Waals surface area contributed by atoms with Gasteiger partial charge in [-0.05, 0) is 37.0 Å². The summed E-state index contributed by atoms with van der Waals surface area (Å²) in [4.78, 5) is 14.7. The SMILES string of the molecule is CCCC1NC(C(C)C)C(=O)N1CC1(CC)CC1. The van der Waals surface area contributed by atoms with Gasteiger partial charge in [-0.3, -0.25) is 10.1 Å². The largest absolute Gasteiger partial charge is 0.325 e. The number of nitrogens with zero attached hydrogens (tertiary/aromatic N) is 1. The highest BCUT2D eigenvalue weighted by Crippen LogP contribution is 2.49. The summed E-state index contributed by atoms with van der Waals surface area (Å²) in [7, 11) is 0. The number of hydrogen-bond acceptors (Lipinski definition) is 2. The Morgan fingerprint density at radius 3 is 2.50 bits per heavy atom. The summed E-state index contributed by atoms with van der Waals surface area (Å²) in [6.07, 6.45) is 6.30. The molecule has 3 heteroatoms. The van der Waals surface area contributed by atoms with Crippen molar-refractivity contribution in [2.45, 2.75) is 72.0 Å². The molecule has 1 heterocycles. The van der Waals surface area contributed by atoms with E-state index in [0.29, 0.717) is 17.2 Å². The highest BCUT2D eigenvalue weighted by molar-refractivity contribution is 5.84. The van der Waals surface area contributed by atoms with E-state index < -0.39 is 0 Å². The van der Waals surface area contributed by atoms with Crippen molar-refractivity contribution in [2.75, 3.05) is 6.54 Å². The average Bonchev–Trinajstić information content (AvgIpc) is 3.04. The maximum Gasteiger partial charge on any atom is 0.241 e. The summed E-state index contributed by atoms with van der Waals surface area (Å²) in [5.41, 5.74) is 0.454. The molecule has 2 aliphatic rings. The van der Waals surface area contributed by atoms with Gasteiger partial charge in [0.1, 0.15) is 0 Å². The van der Waals surface area contributed by atoms with Crippen LogP contribution >= 0.6 is 0 Å². The molecule has 2 atom stereocenters. The topological polar surface area (TPSA) is 32.3 Å². The van der Waals surface area contributed by atoms with Crippen molar-refractivity contribution >= 4 is 5.91 Å². The maximum atomic E-state index is 12.5. The van der Waals surface area contributed by atoms with Crippen molar-refractivity contribution in [1.29, 1.82) is 0 Å². The van der Waals surface area contributed by atoms with E-state index in [1.54, 1.807) is 0 Å². The molecule has 1 saturated heterocycles. The fraction of sp³-hybridized carbons (Fsp3) is 0.933. The first kappa shape index (κ1) is 13.9. The fourth-order valence-electron chi connectivity index (χ4n) is 3.04. The van der Waals surface area contributed by atoms with Crippen LogP contribution in [-0.2, 0) is 4.79 Å². The first-order chi connectivity index (χ1) is 8.53. The minimum atomic E-state index is 0.0363. The van der Waals surface area contributed by atoms with Gasteiger partial charge in [0.25, 0.3) is 0 Å². The molecule has 1 aliphatic carbocycles. The van der Waals surface area contributed by atoms with Crippen LogP contribution in [0, 0.1) is 11.3 Å². The number of amides is 1. The Hall–Kier alpha value is -0.570. The molecule has 0 aromatic carbocycles. The molecule has 0 spiro atoms. The summed E-state index contributed by atoms with van der Waals surface area (Å²) < 4.78 is 0. The number of nitrogens with one attached hydrogen (secondary N) is 1. The lowest BCUT2D eigenvalue weighted by atomic mass is 10.0. The van der Waals surface area contributed by atoms with Crippen LogP contribution in [0.25, 0.3) is 0 Å². The molecule has 2 rings (SSSR count). The first-order valence-corrected chi connectivity index (χ1v) is 7.59. The summed E-state index contributed by atoms with van der Waals surface area (Å²) in [5.74, 6) is 0.724. The minimum absolute atomic E-state index is 0.0363. The van der Waals surface area contributed by atoms with Crippen LogP contribution in [0.5, 0.6) is 0 Å². The van der Waals surface area contributed by atoms with E-state index in [1.165, 1.54) is 19.3 Å². The van der Waals surface area contributed by atoms with E-state index in [2.05, 4.69) is 37.9 Å². The van der Waals surface area contributed by atoms with Crippen LogP contribution in [0.4, 0.5) is 0 Å². The zero-order chi connectivity index (χ0) is 13.3. The molecule has 1 amide bonds. The van der Waals surface area contributed by atoms with Crippen LogP contribution in [-0.4, -0.2) is 29.6 Å². The smallest absolute Gasteiger partial charge is 0.241 e. The average molecular weight is 252 g/mol. The third-order valence-electron chi connectivity index (χ3n) is 4.74. The summed E-state index contributed by atoms with van der Waals surface area (Å²) in [6, 6.07) is 0.0363. The van der Waals surface area contributed by atoms with Gasteiger partial charge in [-0.15, -0.1) is 0 Å². The molecule has 0 bridgehead atoms. The van der Waals surface area contributed by atoms with Gasteiger partial charge >= 0.3 is 0 Å². The Morgan fingerprint density at radius 1 is 1.39 bits per heavy atom. The number of carbonyl (C=O) groups is 1. The van der Waals surface area contributed by atoms with Gasteiger partial charge in [-0.25, -0.2) is 0 Å². The van der Waals surface area contributed by atoms with E-state index in [9.17, 15) is 4.79 Å². The zero-order valence-corrected chi connectivity index (χ0v) is 12.3. The maximum absolute atomic E-state index is 12.5. The molecule has 1 N–H and O–H groups in total. The van der Waals surface area contributed by atoms with Gasteiger partial charge in [0, 0.05) is 6.54 Å². The number of carbonyl (C=O) groups excluding carboxylic acids is 1. The molecule has 0 radical (unpaired) electrons. The zero-order valence-electron chi connectivity index (χ0n) is 12.3. The van der Waals surface area contributed by atoms with Crippen LogP contribution in [0.2, 0.25) is 0 Å². The van der Waals surface area contributed by atoms with E-state index in [-0.39, 0.29) is 12.2 Å². The van der Waals surface area contributed by atoms with Gasteiger partial charge in [0.2, 0.25) is 5.91 Å². The molecular formula is C15H28N2O. The Morgan fingerprint density at radius 2 is 2.06 bits per heavy atom. The molecule has 0 aromatic rings. The molecule has 1 aliphatic heterocycles. The summed E-state index contributed by atoms with van der Waals surface area (Å²) in [5, 5.41) is 3.54. The van der Waals surface area contributed by atoms with Gasteiger partial charge < -0.3 is 4.90 Å². The second kappa shape index (κ2) is 5.20. The number of hydrogen-bond donors (Lipinski definition) is 1. The van der Waals surface area contributed by atoms with E-state index in [0.717, 1.165) is 19.4 Å². The van der Waals surface area contributed by atoms with Crippen molar-refractivity contribution in [2.24, 2.45) is 11.3 Å². The van der Waals surface area contributed by atoms with E-state index in [1.807, 2.05) is 0 Å². The quantitative estimate of drug-likeness (QED) is 0.788. The Labute approximate surface area is 111 Å². The van der Waals surface area contributed by atoms with Gasteiger partial charge in [0.15, 0.2) is 0 Å². The monoisotopic (exact) mass is 252 g/mol. The Bertz CT molecular complexity index is 310. The van der Waals surface area contributed by atoms with Crippen LogP contribution < -0.4 is 5.32 Å².